The number of aryl methyl sites for hydroxylation is 2. The molecule has 2 heterocycles. The lowest BCUT2D eigenvalue weighted by molar-refractivity contribution is -0.119. The van der Waals surface area contributed by atoms with Crippen molar-refractivity contribution in [1.29, 1.82) is 0 Å². The largest absolute Gasteiger partial charge is 0.464 e. The zero-order valence-corrected chi connectivity index (χ0v) is 17.7. The molecule has 1 amide bonds. The minimum absolute atomic E-state index is 0.0353. The quantitative estimate of drug-likeness (QED) is 0.750. The highest BCUT2D eigenvalue weighted by molar-refractivity contribution is 7.89. The second-order valence-corrected chi connectivity index (χ2v) is 9.06. The van der Waals surface area contributed by atoms with Crippen molar-refractivity contribution in [3.63, 3.8) is 0 Å². The lowest BCUT2D eigenvalue weighted by Gasteiger charge is -2.23. The van der Waals surface area contributed by atoms with Crippen molar-refractivity contribution >= 4 is 27.6 Å². The number of hydrogen-bond donors (Lipinski definition) is 1. The molecule has 9 heteroatoms. The molecule has 0 radical (unpaired) electrons. The highest BCUT2D eigenvalue weighted by Crippen LogP contribution is 2.29. The SMILES string of the molecule is COC(=O)c1cc(S(=O)(=O)N2CCCC2C(=O)Nc2cccc(C)c2C)cn1C. The van der Waals surface area contributed by atoms with Gasteiger partial charge in [0.1, 0.15) is 16.6 Å². The van der Waals surface area contributed by atoms with Crippen molar-refractivity contribution in [2.75, 3.05) is 19.0 Å². The molecule has 1 atom stereocenters. The Balaban J connectivity index is 1.87. The van der Waals surface area contributed by atoms with Crippen molar-refractivity contribution in [1.82, 2.24) is 8.87 Å². The number of amides is 1. The van der Waals surface area contributed by atoms with Crippen LogP contribution in [-0.4, -0.2) is 48.9 Å². The molecule has 1 aliphatic heterocycles. The third-order valence-electron chi connectivity index (χ3n) is 5.35. The Morgan fingerprint density at radius 1 is 1.24 bits per heavy atom. The first-order chi connectivity index (χ1) is 13.7. The molecular formula is C20H25N3O5S. The maximum absolute atomic E-state index is 13.2. The van der Waals surface area contributed by atoms with Crippen LogP contribution in [-0.2, 0) is 26.6 Å². The molecule has 2 aromatic rings. The summed E-state index contributed by atoms with van der Waals surface area (Å²) in [5.74, 6) is -0.983. The number of hydrogen-bond acceptors (Lipinski definition) is 5. The van der Waals surface area contributed by atoms with Gasteiger partial charge in [0.2, 0.25) is 15.9 Å². The smallest absolute Gasteiger partial charge is 0.354 e. The van der Waals surface area contributed by atoms with Crippen molar-refractivity contribution in [2.24, 2.45) is 7.05 Å². The van der Waals surface area contributed by atoms with Crippen molar-refractivity contribution in [3.8, 4) is 0 Å². The van der Waals surface area contributed by atoms with Crippen LogP contribution in [0.5, 0.6) is 0 Å². The van der Waals surface area contributed by atoms with E-state index in [0.717, 1.165) is 11.1 Å². The molecule has 0 bridgehead atoms. The number of rotatable bonds is 5. The van der Waals surface area contributed by atoms with Gasteiger partial charge >= 0.3 is 5.97 Å². The molecule has 1 aliphatic rings. The third-order valence-corrected chi connectivity index (χ3v) is 7.22. The number of anilines is 1. The van der Waals surface area contributed by atoms with Crippen LogP contribution in [0.25, 0.3) is 0 Å². The highest BCUT2D eigenvalue weighted by Gasteiger charge is 2.40. The highest BCUT2D eigenvalue weighted by atomic mass is 32.2. The summed E-state index contributed by atoms with van der Waals surface area (Å²) < 4.78 is 33.7. The van der Waals surface area contributed by atoms with Crippen LogP contribution in [0.15, 0.2) is 35.4 Å². The summed E-state index contributed by atoms with van der Waals surface area (Å²) >= 11 is 0. The number of benzene rings is 1. The summed E-state index contributed by atoms with van der Waals surface area (Å²) in [5.41, 5.74) is 2.78. The average molecular weight is 420 g/mol. The van der Waals surface area contributed by atoms with Crippen LogP contribution in [0.4, 0.5) is 5.69 Å². The Morgan fingerprint density at radius 2 is 1.97 bits per heavy atom. The first kappa shape index (κ1) is 21.1. The topological polar surface area (TPSA) is 97.7 Å². The minimum atomic E-state index is -3.94. The summed E-state index contributed by atoms with van der Waals surface area (Å²) in [5, 5.41) is 2.87. The molecule has 156 valence electrons. The van der Waals surface area contributed by atoms with Gasteiger partial charge < -0.3 is 14.6 Å². The number of carbonyl (C=O) groups is 2. The molecule has 0 aliphatic carbocycles. The Bertz CT molecular complexity index is 1060. The van der Waals surface area contributed by atoms with Gasteiger partial charge in [-0.05, 0) is 49.9 Å². The molecule has 1 fully saturated rings. The number of nitrogens with one attached hydrogen (secondary N) is 1. The molecular weight excluding hydrogens is 394 g/mol. The first-order valence-electron chi connectivity index (χ1n) is 9.30. The minimum Gasteiger partial charge on any atom is -0.464 e. The van der Waals surface area contributed by atoms with E-state index in [9.17, 15) is 18.0 Å². The fourth-order valence-electron chi connectivity index (χ4n) is 3.51. The molecule has 1 aromatic heterocycles. The van der Waals surface area contributed by atoms with Crippen LogP contribution in [0.2, 0.25) is 0 Å². The van der Waals surface area contributed by atoms with Crippen LogP contribution in [0, 0.1) is 13.8 Å². The number of ether oxygens (including phenoxy) is 1. The maximum Gasteiger partial charge on any atom is 0.354 e. The zero-order valence-electron chi connectivity index (χ0n) is 16.9. The Labute approximate surface area is 170 Å². The molecule has 0 spiro atoms. The summed E-state index contributed by atoms with van der Waals surface area (Å²) in [6.45, 7) is 4.10. The number of sulfonamides is 1. The zero-order chi connectivity index (χ0) is 21.3. The van der Waals surface area contributed by atoms with Crippen molar-refractivity contribution in [2.45, 2.75) is 37.6 Å². The van der Waals surface area contributed by atoms with Crippen LogP contribution >= 0.6 is 0 Å². The van der Waals surface area contributed by atoms with Gasteiger partial charge in [-0.25, -0.2) is 13.2 Å². The number of aromatic nitrogens is 1. The van der Waals surface area contributed by atoms with Crippen LogP contribution < -0.4 is 5.32 Å². The van der Waals surface area contributed by atoms with Gasteiger partial charge in [0, 0.05) is 25.5 Å². The maximum atomic E-state index is 13.2. The summed E-state index contributed by atoms with van der Waals surface area (Å²) in [7, 11) is -1.14. The number of esters is 1. The van der Waals surface area contributed by atoms with Gasteiger partial charge in [0.15, 0.2) is 0 Å². The van der Waals surface area contributed by atoms with Gasteiger partial charge in [0.05, 0.1) is 7.11 Å². The van der Waals surface area contributed by atoms with E-state index in [2.05, 4.69) is 10.1 Å². The van der Waals surface area contributed by atoms with E-state index in [1.807, 2.05) is 26.0 Å². The van der Waals surface area contributed by atoms with Crippen molar-refractivity contribution in [3.05, 3.63) is 47.3 Å². The molecule has 1 unspecified atom stereocenters. The number of nitrogens with zero attached hydrogens (tertiary/aromatic N) is 2. The second-order valence-electron chi connectivity index (χ2n) is 7.17. The number of carbonyl (C=O) groups excluding carboxylic acids is 2. The molecule has 3 rings (SSSR count). The van der Waals surface area contributed by atoms with E-state index in [1.54, 1.807) is 13.1 Å². The Morgan fingerprint density at radius 3 is 2.66 bits per heavy atom. The summed E-state index contributed by atoms with van der Waals surface area (Å²) in [6.07, 6.45) is 2.38. The second kappa shape index (κ2) is 8.00. The summed E-state index contributed by atoms with van der Waals surface area (Å²) in [4.78, 5) is 24.7. The van der Waals surface area contributed by atoms with E-state index >= 15 is 0 Å². The average Bonchev–Trinajstić information content (AvgIpc) is 3.32. The van der Waals surface area contributed by atoms with E-state index < -0.39 is 22.0 Å². The standard InChI is InChI=1S/C20H25N3O5S/c1-13-7-5-8-16(14(13)2)21-19(24)17-9-6-10-23(17)29(26,27)15-11-18(20(25)28-4)22(3)12-15/h5,7-8,11-12,17H,6,9-10H2,1-4H3,(H,21,24). The van der Waals surface area contributed by atoms with Gasteiger partial charge in [-0.15, -0.1) is 0 Å². The molecule has 8 nitrogen and oxygen atoms in total. The van der Waals surface area contributed by atoms with E-state index in [1.165, 1.54) is 28.2 Å². The van der Waals surface area contributed by atoms with Crippen LogP contribution in [0.1, 0.15) is 34.5 Å². The first-order valence-corrected chi connectivity index (χ1v) is 10.7. The lowest BCUT2D eigenvalue weighted by Crippen LogP contribution is -2.43. The monoisotopic (exact) mass is 419 g/mol. The van der Waals surface area contributed by atoms with Crippen LogP contribution in [0.3, 0.4) is 0 Å². The molecule has 1 N–H and O–H groups in total. The van der Waals surface area contributed by atoms with Gasteiger partial charge in [-0.3, -0.25) is 4.79 Å². The fraction of sp³-hybridized carbons (Fsp3) is 0.400. The predicted molar refractivity (Wildman–Crippen MR) is 108 cm³/mol. The van der Waals surface area contributed by atoms with Gasteiger partial charge in [-0.2, -0.15) is 4.31 Å². The Kier molecular flexibility index (Phi) is 5.81. The molecule has 1 aromatic carbocycles. The lowest BCUT2D eigenvalue weighted by atomic mass is 10.1. The van der Waals surface area contributed by atoms with Gasteiger partial charge in [-0.1, -0.05) is 12.1 Å². The fourth-order valence-corrected chi connectivity index (χ4v) is 5.24. The van der Waals surface area contributed by atoms with E-state index in [0.29, 0.717) is 18.5 Å². The van der Waals surface area contributed by atoms with E-state index in [4.69, 9.17) is 0 Å². The van der Waals surface area contributed by atoms with Gasteiger partial charge in [0.25, 0.3) is 0 Å². The third kappa shape index (κ3) is 3.92. The Hall–Kier alpha value is -2.65. The normalized spacial score (nSPS) is 17.3. The molecule has 1 saturated heterocycles. The predicted octanol–water partition coefficient (Wildman–Crippen LogP) is 2.22. The summed E-state index contributed by atoms with van der Waals surface area (Å²) in [6, 6.07) is 6.07. The molecule has 0 saturated carbocycles. The molecule has 29 heavy (non-hydrogen) atoms. The number of methoxy groups -OCH3 is 1. The van der Waals surface area contributed by atoms with E-state index in [-0.39, 0.29) is 23.0 Å². The van der Waals surface area contributed by atoms with Crippen molar-refractivity contribution < 1.29 is 22.7 Å².